The molecule has 0 bridgehead atoms. The molecular weight excluding hydrogens is 374 g/mol. The number of nitrogens with zero attached hydrogens (tertiary/aromatic N) is 1. The molecule has 0 spiro atoms. The van der Waals surface area contributed by atoms with E-state index in [1.165, 1.54) is 6.20 Å². The number of phosphoric acid groups is 1. The fourth-order valence-electron chi connectivity index (χ4n) is 2.94. The van der Waals surface area contributed by atoms with Crippen molar-refractivity contribution < 1.29 is 38.3 Å². The molecule has 0 saturated heterocycles. The molecule has 1 fully saturated rings. The minimum Gasteiger partial charge on any atom is -0.506 e. The fourth-order valence-corrected chi connectivity index (χ4v) is 4.43. The third-order valence-corrected chi connectivity index (χ3v) is 6.59. The Labute approximate surface area is 144 Å². The van der Waals surface area contributed by atoms with E-state index < -0.39 is 27.3 Å². The molecule has 12 heteroatoms. The number of aromatic nitrogens is 1. The van der Waals surface area contributed by atoms with E-state index in [1.807, 2.05) is 0 Å². The first-order valence-electron chi connectivity index (χ1n) is 7.62. The molecule has 1 saturated carbocycles. The Bertz CT molecular complexity index is 723. The Hall–Kier alpha value is -0.830. The van der Waals surface area contributed by atoms with Gasteiger partial charge in [0.2, 0.25) is 0 Å². The van der Waals surface area contributed by atoms with Crippen LogP contribution in [-0.2, 0) is 26.8 Å². The van der Waals surface area contributed by atoms with Crippen molar-refractivity contribution in [3.8, 4) is 5.75 Å². The van der Waals surface area contributed by atoms with Crippen LogP contribution in [0.15, 0.2) is 6.20 Å². The zero-order chi connectivity index (χ0) is 18.9. The molecule has 0 radical (unpaired) electrons. The van der Waals surface area contributed by atoms with Gasteiger partial charge in [-0.05, 0) is 19.8 Å². The molecule has 2 rings (SSSR count). The molecule has 1 aromatic rings. The van der Waals surface area contributed by atoms with Gasteiger partial charge in [-0.15, -0.1) is 0 Å². The second kappa shape index (κ2) is 7.42. The van der Waals surface area contributed by atoms with E-state index in [2.05, 4.69) is 14.8 Å². The summed E-state index contributed by atoms with van der Waals surface area (Å²) in [5.74, 6) is -0.210. The number of phosphoric ester groups is 1. The largest absolute Gasteiger partial charge is 0.506 e. The van der Waals surface area contributed by atoms with Gasteiger partial charge < -0.3 is 24.7 Å². The van der Waals surface area contributed by atoms with Gasteiger partial charge in [0.1, 0.15) is 11.0 Å². The summed E-state index contributed by atoms with van der Waals surface area (Å²) in [4.78, 5) is 41.0. The van der Waals surface area contributed by atoms with Gasteiger partial charge in [0.25, 0.3) is 0 Å². The molecule has 0 aromatic carbocycles. The van der Waals surface area contributed by atoms with E-state index >= 15 is 0 Å². The van der Waals surface area contributed by atoms with Crippen LogP contribution < -0.4 is 5.32 Å². The maximum Gasteiger partial charge on any atom is 0.469 e. The summed E-state index contributed by atoms with van der Waals surface area (Å²) in [6, 6.07) is 0. The van der Waals surface area contributed by atoms with E-state index in [4.69, 9.17) is 9.79 Å². The molecule has 0 unspecified atom stereocenters. The van der Waals surface area contributed by atoms with Gasteiger partial charge in [-0.3, -0.25) is 19.4 Å². The monoisotopic (exact) mass is 396 g/mol. The normalized spacial score (nSPS) is 17.8. The highest BCUT2D eigenvalue weighted by molar-refractivity contribution is 7.53. The Morgan fingerprint density at radius 3 is 2.36 bits per heavy atom. The maximum atomic E-state index is 11.9. The van der Waals surface area contributed by atoms with Gasteiger partial charge in [0.05, 0.1) is 12.3 Å². The second-order valence-corrected chi connectivity index (χ2v) is 9.28. The molecule has 1 aliphatic rings. The lowest BCUT2D eigenvalue weighted by Gasteiger charge is -2.31. The molecule has 1 aliphatic carbocycles. The van der Waals surface area contributed by atoms with Gasteiger partial charge in [0.15, 0.2) is 0 Å². The highest BCUT2D eigenvalue weighted by atomic mass is 31.2. The average molecular weight is 396 g/mol. The number of hydrogen-bond donors (Lipinski definition) is 6. The smallest absolute Gasteiger partial charge is 0.469 e. The molecule has 6 N–H and O–H groups in total. The predicted molar refractivity (Wildman–Crippen MR) is 87.6 cm³/mol. The molecule has 25 heavy (non-hydrogen) atoms. The van der Waals surface area contributed by atoms with Gasteiger partial charge in [-0.2, -0.15) is 0 Å². The highest BCUT2D eigenvalue weighted by Gasteiger charge is 2.48. The molecule has 142 valence electrons. The molecule has 1 aromatic heterocycles. The fraction of sp³-hybridized carbons (Fsp3) is 0.615. The molecule has 0 amide bonds. The van der Waals surface area contributed by atoms with E-state index in [0.29, 0.717) is 25.7 Å². The van der Waals surface area contributed by atoms with Crippen molar-refractivity contribution in [2.24, 2.45) is 0 Å². The number of rotatable bonds is 7. The van der Waals surface area contributed by atoms with Crippen LogP contribution >= 0.6 is 15.4 Å². The van der Waals surface area contributed by atoms with Crippen molar-refractivity contribution in [3.05, 3.63) is 23.0 Å². The third-order valence-electron chi connectivity index (χ3n) is 4.40. The first kappa shape index (κ1) is 20.5. The molecule has 0 aliphatic heterocycles. The van der Waals surface area contributed by atoms with Gasteiger partial charge in [-0.1, -0.05) is 12.8 Å². The predicted octanol–water partition coefficient (Wildman–Crippen LogP) is 1.24. The standard InChI is InChI=1S/C13H22N2O8P2/c1-9-12(16)11(10(6-14-9)8-23-25(20,21)22)7-15-13(24(17,18)19)4-2-3-5-13/h6,15-16H,2-5,7-8H2,1H3,(H2,17,18,19)(H2,20,21,22). The van der Waals surface area contributed by atoms with Crippen LogP contribution in [0.25, 0.3) is 0 Å². The lowest BCUT2D eigenvalue weighted by atomic mass is 10.1. The Morgan fingerprint density at radius 1 is 1.24 bits per heavy atom. The van der Waals surface area contributed by atoms with Crippen molar-refractivity contribution in [2.75, 3.05) is 0 Å². The zero-order valence-corrected chi connectivity index (χ0v) is 15.4. The lowest BCUT2D eigenvalue weighted by Crippen LogP contribution is -2.42. The van der Waals surface area contributed by atoms with Crippen molar-refractivity contribution in [3.63, 3.8) is 0 Å². The first-order valence-corrected chi connectivity index (χ1v) is 10.8. The van der Waals surface area contributed by atoms with E-state index in [1.54, 1.807) is 6.92 Å². The number of aromatic hydroxyl groups is 1. The maximum absolute atomic E-state index is 11.9. The number of hydrogen-bond acceptors (Lipinski definition) is 6. The topological polar surface area (TPSA) is 169 Å². The number of aryl methyl sites for hydroxylation is 1. The first-order chi connectivity index (χ1) is 11.5. The Balaban J connectivity index is 2.27. The van der Waals surface area contributed by atoms with Gasteiger partial charge in [0, 0.05) is 23.9 Å². The summed E-state index contributed by atoms with van der Waals surface area (Å²) in [6.45, 7) is 0.950. The van der Waals surface area contributed by atoms with Crippen LogP contribution in [0.3, 0.4) is 0 Å². The molecule has 0 atom stereocenters. The molecule has 1 heterocycles. The molecular formula is C13H22N2O8P2. The van der Waals surface area contributed by atoms with Crippen LogP contribution in [0.4, 0.5) is 0 Å². The molecule has 10 nitrogen and oxygen atoms in total. The lowest BCUT2D eigenvalue weighted by molar-refractivity contribution is 0.188. The van der Waals surface area contributed by atoms with Gasteiger partial charge in [-0.25, -0.2) is 4.57 Å². The third kappa shape index (κ3) is 4.87. The minimum atomic E-state index is -4.71. The minimum absolute atomic E-state index is 0.0971. The number of pyridine rings is 1. The zero-order valence-electron chi connectivity index (χ0n) is 13.6. The van der Waals surface area contributed by atoms with Crippen LogP contribution in [0.2, 0.25) is 0 Å². The van der Waals surface area contributed by atoms with Crippen LogP contribution in [0.5, 0.6) is 5.75 Å². The SMILES string of the molecule is Cc1ncc(COP(=O)(O)O)c(CNC2(P(=O)(O)O)CCCC2)c1O. The van der Waals surface area contributed by atoms with Crippen molar-refractivity contribution in [1.29, 1.82) is 0 Å². The summed E-state index contributed by atoms with van der Waals surface area (Å²) >= 11 is 0. The quantitative estimate of drug-likeness (QED) is 0.369. The summed E-state index contributed by atoms with van der Waals surface area (Å²) in [5.41, 5.74) is 0.742. The van der Waals surface area contributed by atoms with Crippen LogP contribution in [0, 0.1) is 6.92 Å². The summed E-state index contributed by atoms with van der Waals surface area (Å²) < 4.78 is 27.2. The Morgan fingerprint density at radius 2 is 1.84 bits per heavy atom. The Kier molecular flexibility index (Phi) is 6.08. The number of nitrogens with one attached hydrogen (secondary N) is 1. The summed E-state index contributed by atoms with van der Waals surface area (Å²) in [7, 11) is -9.14. The van der Waals surface area contributed by atoms with Crippen molar-refractivity contribution >= 4 is 15.4 Å². The van der Waals surface area contributed by atoms with Crippen LogP contribution in [-0.4, -0.2) is 34.9 Å². The average Bonchev–Trinajstić information content (AvgIpc) is 2.96. The second-order valence-electron chi connectivity index (χ2n) is 6.10. The summed E-state index contributed by atoms with van der Waals surface area (Å²) in [6.07, 6.45) is 3.26. The van der Waals surface area contributed by atoms with E-state index in [9.17, 15) is 24.0 Å². The van der Waals surface area contributed by atoms with Crippen LogP contribution in [0.1, 0.15) is 42.5 Å². The van der Waals surface area contributed by atoms with Crippen molar-refractivity contribution in [2.45, 2.75) is 51.0 Å². The van der Waals surface area contributed by atoms with E-state index in [0.717, 1.165) is 0 Å². The van der Waals surface area contributed by atoms with Crippen molar-refractivity contribution in [1.82, 2.24) is 10.3 Å². The van der Waals surface area contributed by atoms with E-state index in [-0.39, 0.29) is 29.1 Å². The summed E-state index contributed by atoms with van der Waals surface area (Å²) in [5, 5.41) is 11.7. The highest BCUT2D eigenvalue weighted by Crippen LogP contribution is 2.57. The van der Waals surface area contributed by atoms with Gasteiger partial charge >= 0.3 is 15.4 Å².